The summed E-state index contributed by atoms with van der Waals surface area (Å²) < 4.78 is 11.0. The van der Waals surface area contributed by atoms with Crippen molar-refractivity contribution >= 4 is 28.5 Å². The van der Waals surface area contributed by atoms with Crippen molar-refractivity contribution < 1.29 is 9.47 Å². The van der Waals surface area contributed by atoms with Crippen LogP contribution in [0.15, 0.2) is 47.7 Å². The molecule has 0 aliphatic carbocycles. The summed E-state index contributed by atoms with van der Waals surface area (Å²) in [5.41, 5.74) is 4.97. The highest BCUT2D eigenvalue weighted by molar-refractivity contribution is 6.02. The van der Waals surface area contributed by atoms with E-state index >= 15 is 0 Å². The number of morpholine rings is 1. The number of nitrogens with zero attached hydrogens (tertiary/aromatic N) is 5. The van der Waals surface area contributed by atoms with E-state index < -0.39 is 0 Å². The Kier molecular flexibility index (Phi) is 5.11. The third-order valence-electron chi connectivity index (χ3n) is 5.34. The van der Waals surface area contributed by atoms with E-state index in [1.807, 2.05) is 49.8 Å². The van der Waals surface area contributed by atoms with Crippen LogP contribution in [0.1, 0.15) is 12.6 Å². The van der Waals surface area contributed by atoms with Gasteiger partial charge in [-0.1, -0.05) is 0 Å². The zero-order valence-corrected chi connectivity index (χ0v) is 16.9. The molecular weight excluding hydrogens is 378 g/mol. The molecule has 0 aromatic carbocycles. The molecule has 3 aromatic rings. The van der Waals surface area contributed by atoms with Crippen molar-refractivity contribution in [2.75, 3.05) is 44.4 Å². The van der Waals surface area contributed by atoms with Crippen LogP contribution in [0.4, 0.5) is 5.82 Å². The monoisotopic (exact) mass is 401 g/mol. The van der Waals surface area contributed by atoms with E-state index in [4.69, 9.17) is 14.5 Å². The summed E-state index contributed by atoms with van der Waals surface area (Å²) in [6, 6.07) is 8.13. The molecule has 1 saturated heterocycles. The first-order valence-electron chi connectivity index (χ1n) is 10.2. The Balaban J connectivity index is 1.68. The molecule has 0 saturated carbocycles. The number of aliphatic imine (C=N–C) groups is 1. The van der Waals surface area contributed by atoms with Gasteiger partial charge in [-0.3, -0.25) is 9.98 Å². The van der Waals surface area contributed by atoms with E-state index in [-0.39, 0.29) is 0 Å². The Morgan fingerprint density at radius 3 is 2.77 bits per heavy atom. The zero-order chi connectivity index (χ0) is 20.3. The van der Waals surface area contributed by atoms with Crippen molar-refractivity contribution in [1.82, 2.24) is 15.0 Å². The summed E-state index contributed by atoms with van der Waals surface area (Å²) in [7, 11) is 0. The van der Waals surface area contributed by atoms with Crippen molar-refractivity contribution in [2.24, 2.45) is 4.99 Å². The van der Waals surface area contributed by atoms with Crippen LogP contribution in [0.5, 0.6) is 5.88 Å². The minimum absolute atomic E-state index is 0.595. The van der Waals surface area contributed by atoms with Gasteiger partial charge < -0.3 is 14.4 Å². The molecule has 5 rings (SSSR count). The van der Waals surface area contributed by atoms with Crippen molar-refractivity contribution in [3.8, 4) is 17.0 Å². The maximum Gasteiger partial charge on any atom is 0.213 e. The van der Waals surface area contributed by atoms with Crippen LogP contribution in [0.25, 0.3) is 27.6 Å². The molecule has 2 aliphatic rings. The van der Waals surface area contributed by atoms with Crippen LogP contribution in [-0.4, -0.2) is 60.6 Å². The van der Waals surface area contributed by atoms with Crippen molar-refractivity contribution in [2.45, 2.75) is 6.92 Å². The molecular formula is C23H23N5O2. The van der Waals surface area contributed by atoms with Crippen molar-refractivity contribution in [3.63, 3.8) is 0 Å². The zero-order valence-electron chi connectivity index (χ0n) is 16.9. The maximum atomic E-state index is 5.53. The predicted octanol–water partition coefficient (Wildman–Crippen LogP) is 3.39. The van der Waals surface area contributed by atoms with E-state index in [0.717, 1.165) is 52.2 Å². The van der Waals surface area contributed by atoms with Gasteiger partial charge in [-0.05, 0) is 36.8 Å². The number of pyridine rings is 3. The largest absolute Gasteiger partial charge is 0.478 e. The van der Waals surface area contributed by atoms with Gasteiger partial charge in [0.2, 0.25) is 5.88 Å². The summed E-state index contributed by atoms with van der Waals surface area (Å²) in [5.74, 6) is 1.56. The second kappa shape index (κ2) is 8.20. The van der Waals surface area contributed by atoms with Gasteiger partial charge in [-0.15, -0.1) is 0 Å². The van der Waals surface area contributed by atoms with E-state index in [2.05, 4.69) is 25.9 Å². The van der Waals surface area contributed by atoms with Crippen molar-refractivity contribution in [1.29, 1.82) is 0 Å². The molecule has 0 unspecified atom stereocenters. The van der Waals surface area contributed by atoms with E-state index in [1.54, 1.807) is 0 Å². The normalized spacial score (nSPS) is 16.2. The van der Waals surface area contributed by atoms with Crippen molar-refractivity contribution in [3.05, 3.63) is 48.4 Å². The average Bonchev–Trinajstić information content (AvgIpc) is 3.34. The van der Waals surface area contributed by atoms with Gasteiger partial charge in [0.1, 0.15) is 5.82 Å². The third-order valence-corrected chi connectivity index (χ3v) is 5.34. The molecule has 30 heavy (non-hydrogen) atoms. The summed E-state index contributed by atoms with van der Waals surface area (Å²) in [6.45, 7) is 6.24. The Labute approximate surface area is 175 Å². The van der Waals surface area contributed by atoms with Crippen LogP contribution in [0.3, 0.4) is 0 Å². The number of aromatic nitrogens is 3. The molecule has 0 amide bonds. The topological polar surface area (TPSA) is 72.7 Å². The number of hydrogen-bond acceptors (Lipinski definition) is 7. The van der Waals surface area contributed by atoms with E-state index in [1.165, 1.54) is 0 Å². The van der Waals surface area contributed by atoms with Gasteiger partial charge in [0.15, 0.2) is 0 Å². The Bertz CT molecular complexity index is 1120. The number of rotatable bonds is 5. The van der Waals surface area contributed by atoms with Gasteiger partial charge in [0, 0.05) is 54.3 Å². The summed E-state index contributed by atoms with van der Waals surface area (Å²) in [4.78, 5) is 20.8. The average molecular weight is 401 g/mol. The molecule has 0 radical (unpaired) electrons. The lowest BCUT2D eigenvalue weighted by Gasteiger charge is -2.28. The fourth-order valence-corrected chi connectivity index (χ4v) is 3.84. The van der Waals surface area contributed by atoms with Crippen LogP contribution in [0, 0.1) is 0 Å². The first-order valence-corrected chi connectivity index (χ1v) is 10.2. The third kappa shape index (κ3) is 3.52. The van der Waals surface area contributed by atoms with Gasteiger partial charge in [0.25, 0.3) is 0 Å². The molecule has 7 heteroatoms. The molecule has 2 aliphatic heterocycles. The molecule has 152 valence electrons. The maximum absolute atomic E-state index is 5.53. The SMILES string of the molecule is CCOc1ccc(-c2cc(N3CCOCC3)nc3c(C4=CC=NC4)nccc23)cn1. The molecule has 0 atom stereocenters. The van der Waals surface area contributed by atoms with Gasteiger partial charge in [-0.25, -0.2) is 9.97 Å². The van der Waals surface area contributed by atoms with Gasteiger partial charge >= 0.3 is 0 Å². The second-order valence-corrected chi connectivity index (χ2v) is 7.18. The molecule has 7 nitrogen and oxygen atoms in total. The lowest BCUT2D eigenvalue weighted by molar-refractivity contribution is 0.122. The molecule has 0 bridgehead atoms. The number of fused-ring (bicyclic) bond motifs is 1. The molecule has 1 fully saturated rings. The summed E-state index contributed by atoms with van der Waals surface area (Å²) >= 11 is 0. The van der Waals surface area contributed by atoms with Gasteiger partial charge in [0.05, 0.1) is 37.6 Å². The Hall–Kier alpha value is -3.32. The first-order chi connectivity index (χ1) is 14.8. The lowest BCUT2D eigenvalue weighted by atomic mass is 10.0. The number of ether oxygens (including phenoxy) is 2. The van der Waals surface area contributed by atoms with Crippen LogP contribution < -0.4 is 9.64 Å². The van der Waals surface area contributed by atoms with E-state index in [9.17, 15) is 0 Å². The molecule has 5 heterocycles. The van der Waals surface area contributed by atoms with Crippen LogP contribution in [0.2, 0.25) is 0 Å². The summed E-state index contributed by atoms with van der Waals surface area (Å²) in [5, 5.41) is 1.05. The lowest BCUT2D eigenvalue weighted by Crippen LogP contribution is -2.36. The minimum Gasteiger partial charge on any atom is -0.478 e. The number of allylic oxidation sites excluding steroid dienone is 1. The van der Waals surface area contributed by atoms with Gasteiger partial charge in [-0.2, -0.15) is 0 Å². The molecule has 0 N–H and O–H groups in total. The highest BCUT2D eigenvalue weighted by Crippen LogP contribution is 2.34. The summed E-state index contributed by atoms with van der Waals surface area (Å²) in [6.07, 6.45) is 7.56. The number of hydrogen-bond donors (Lipinski definition) is 0. The van der Waals surface area contributed by atoms with Crippen LogP contribution in [-0.2, 0) is 4.74 Å². The first kappa shape index (κ1) is 18.7. The minimum atomic E-state index is 0.595. The van der Waals surface area contributed by atoms with E-state index in [0.29, 0.717) is 32.2 Å². The Morgan fingerprint density at radius 1 is 1.13 bits per heavy atom. The molecule has 3 aromatic heterocycles. The standard InChI is InChI=1S/C23H23N5O2/c1-2-30-21-4-3-16(15-26-21)19-13-20(28-9-11-29-12-10-28)27-23-18(19)6-8-25-22(23)17-5-7-24-14-17/h3-8,13,15H,2,9-12,14H2,1H3. The highest BCUT2D eigenvalue weighted by Gasteiger charge is 2.19. The smallest absolute Gasteiger partial charge is 0.213 e. The Morgan fingerprint density at radius 2 is 2.03 bits per heavy atom. The highest BCUT2D eigenvalue weighted by atomic mass is 16.5. The molecule has 0 spiro atoms. The predicted molar refractivity (Wildman–Crippen MR) is 118 cm³/mol. The van der Waals surface area contributed by atoms with Crippen LogP contribution >= 0.6 is 0 Å². The quantitative estimate of drug-likeness (QED) is 0.653. The second-order valence-electron chi connectivity index (χ2n) is 7.18. The fraction of sp³-hybridized carbons (Fsp3) is 0.304. The fourth-order valence-electron chi connectivity index (χ4n) is 3.84. The number of anilines is 1.